The molecule has 2 aliphatic heterocycles. The fourth-order valence-electron chi connectivity index (χ4n) is 6.38. The molecule has 2 aliphatic rings. The summed E-state index contributed by atoms with van der Waals surface area (Å²) in [5.74, 6) is 0.191. The number of imide groups is 1. The van der Waals surface area contributed by atoms with Gasteiger partial charge in [0.2, 0.25) is 0 Å². The van der Waals surface area contributed by atoms with Gasteiger partial charge >= 0.3 is 0 Å². The summed E-state index contributed by atoms with van der Waals surface area (Å²) in [7, 11) is 0. The van der Waals surface area contributed by atoms with Gasteiger partial charge in [-0.1, -0.05) is 96.7 Å². The molecule has 0 spiro atoms. The van der Waals surface area contributed by atoms with Crippen LogP contribution in [0.25, 0.3) is 21.3 Å². The number of hydrogen-bond acceptors (Lipinski definition) is 8. The molecule has 9 heteroatoms. The zero-order valence-electron chi connectivity index (χ0n) is 26.4. The van der Waals surface area contributed by atoms with E-state index in [0.717, 1.165) is 49.0 Å². The minimum Gasteiger partial charge on any atom is -0.392 e. The first kappa shape index (κ1) is 31.6. The third-order valence-electron chi connectivity index (χ3n) is 8.92. The van der Waals surface area contributed by atoms with E-state index in [1.165, 1.54) is 9.60 Å². The fraction of sp³-hybridized carbons (Fsp3) is 0.175. The zero-order chi connectivity index (χ0) is 33.3. The van der Waals surface area contributed by atoms with Gasteiger partial charge in [0, 0.05) is 17.7 Å². The van der Waals surface area contributed by atoms with Crippen LogP contribution < -0.4 is 0 Å². The molecule has 0 bridgehead atoms. The Hall–Kier alpha value is -4.64. The van der Waals surface area contributed by atoms with Crippen molar-refractivity contribution in [3.63, 3.8) is 0 Å². The minimum absolute atomic E-state index is 0.00867. The Morgan fingerprint density at radius 2 is 1.47 bits per heavy atom. The Kier molecular flexibility index (Phi) is 8.84. The van der Waals surface area contributed by atoms with Crippen LogP contribution in [0, 0.1) is 0 Å². The van der Waals surface area contributed by atoms with Crippen LogP contribution in [-0.4, -0.2) is 38.7 Å². The highest BCUT2D eigenvalue weighted by Crippen LogP contribution is 2.41. The van der Waals surface area contributed by atoms with Gasteiger partial charge in [-0.25, -0.2) is 4.98 Å². The molecule has 6 aromatic rings. The molecule has 1 N–H and O–H groups in total. The number of thiazole rings is 1. The highest BCUT2D eigenvalue weighted by Gasteiger charge is 2.35. The van der Waals surface area contributed by atoms with Gasteiger partial charge in [-0.2, -0.15) is 0 Å². The number of aliphatic hydroxyl groups excluding tert-OH is 1. The van der Waals surface area contributed by atoms with Crippen molar-refractivity contribution in [2.75, 3.05) is 5.75 Å². The number of rotatable bonds is 9. The standard InChI is InChI=1S/C40H32N2O5S2/c43-23-25-15-17-27(18-16-25)35-21-31(24-48-40-41-34-13-3-4-14-36(34)49-40)46-39(47-35)30-10-6-9-29(20-30)28-8-5-7-26(19-28)22-42-37(44)32-11-1-2-12-33(32)38(42)45/h1-20,31,35,39,43H,21-24H2/t31-,35+,39+/m0/s1. The number of carbonyl (C=O) groups is 2. The van der Waals surface area contributed by atoms with E-state index >= 15 is 0 Å². The molecule has 1 fully saturated rings. The van der Waals surface area contributed by atoms with Crippen LogP contribution in [0.1, 0.15) is 61.8 Å². The maximum absolute atomic E-state index is 13.0. The molecule has 5 aromatic carbocycles. The molecule has 2 amide bonds. The Balaban J connectivity index is 1.03. The number of hydrogen-bond donors (Lipinski definition) is 1. The number of nitrogens with zero attached hydrogens (tertiary/aromatic N) is 2. The maximum atomic E-state index is 13.0. The Bertz CT molecular complexity index is 2100. The van der Waals surface area contributed by atoms with Crippen molar-refractivity contribution in [3.8, 4) is 11.1 Å². The van der Waals surface area contributed by atoms with E-state index in [1.54, 1.807) is 47.4 Å². The molecule has 0 radical (unpaired) electrons. The number of para-hydroxylation sites is 1. The molecule has 3 heterocycles. The molecule has 0 aliphatic carbocycles. The summed E-state index contributed by atoms with van der Waals surface area (Å²) in [5.41, 5.74) is 7.50. The van der Waals surface area contributed by atoms with E-state index < -0.39 is 6.29 Å². The van der Waals surface area contributed by atoms with Gasteiger partial charge in [0.15, 0.2) is 10.6 Å². The monoisotopic (exact) mass is 684 g/mol. The van der Waals surface area contributed by atoms with Crippen LogP contribution >= 0.6 is 23.1 Å². The first-order chi connectivity index (χ1) is 24.0. The third kappa shape index (κ3) is 6.56. The second-order valence-corrected chi connectivity index (χ2v) is 14.5. The van der Waals surface area contributed by atoms with Crippen LogP contribution in [0.4, 0.5) is 0 Å². The summed E-state index contributed by atoms with van der Waals surface area (Å²) in [6.45, 7) is 0.185. The molecule has 0 saturated carbocycles. The van der Waals surface area contributed by atoms with E-state index in [2.05, 4.69) is 12.1 Å². The Morgan fingerprint density at radius 1 is 0.755 bits per heavy atom. The van der Waals surface area contributed by atoms with Crippen LogP contribution in [0.5, 0.6) is 0 Å². The number of aromatic nitrogens is 1. The third-order valence-corrected chi connectivity index (χ3v) is 11.2. The number of thioether (sulfide) groups is 1. The van der Waals surface area contributed by atoms with Gasteiger partial charge in [-0.15, -0.1) is 11.3 Å². The van der Waals surface area contributed by atoms with Gasteiger partial charge in [0.05, 0.1) is 46.7 Å². The van der Waals surface area contributed by atoms with Gasteiger partial charge in [0.25, 0.3) is 11.8 Å². The number of carbonyl (C=O) groups excluding carboxylic acids is 2. The summed E-state index contributed by atoms with van der Waals surface area (Å²) in [5, 5.41) is 9.58. The summed E-state index contributed by atoms with van der Waals surface area (Å²) < 4.78 is 15.4. The highest BCUT2D eigenvalue weighted by molar-refractivity contribution is 8.01. The normalized spacial score (nSPS) is 19.0. The molecule has 8 rings (SSSR count). The summed E-state index contributed by atoms with van der Waals surface area (Å²) >= 11 is 3.40. The number of ether oxygens (including phenoxy) is 2. The number of fused-ring (bicyclic) bond motifs is 2. The lowest BCUT2D eigenvalue weighted by atomic mass is 9.99. The average Bonchev–Trinajstić information content (AvgIpc) is 3.68. The Morgan fingerprint density at radius 3 is 2.22 bits per heavy atom. The van der Waals surface area contributed by atoms with E-state index in [0.29, 0.717) is 17.5 Å². The second kappa shape index (κ2) is 13.7. The lowest BCUT2D eigenvalue weighted by Gasteiger charge is -2.36. The van der Waals surface area contributed by atoms with Crippen LogP contribution in [0.3, 0.4) is 0 Å². The summed E-state index contributed by atoms with van der Waals surface area (Å²) in [6.07, 6.45) is -0.199. The van der Waals surface area contributed by atoms with Crippen molar-refractivity contribution in [2.24, 2.45) is 0 Å². The van der Waals surface area contributed by atoms with E-state index in [-0.39, 0.29) is 37.2 Å². The molecule has 7 nitrogen and oxygen atoms in total. The lowest BCUT2D eigenvalue weighted by molar-refractivity contribution is -0.245. The molecule has 3 atom stereocenters. The van der Waals surface area contributed by atoms with Crippen molar-refractivity contribution >= 4 is 45.1 Å². The average molecular weight is 685 g/mol. The predicted octanol–water partition coefficient (Wildman–Crippen LogP) is 8.59. The van der Waals surface area contributed by atoms with Gasteiger partial charge in [-0.3, -0.25) is 14.5 Å². The van der Waals surface area contributed by atoms with Crippen molar-refractivity contribution in [1.82, 2.24) is 9.88 Å². The zero-order valence-corrected chi connectivity index (χ0v) is 28.0. The van der Waals surface area contributed by atoms with Crippen molar-refractivity contribution in [3.05, 3.63) is 155 Å². The number of amides is 2. The second-order valence-electron chi connectivity index (χ2n) is 12.2. The van der Waals surface area contributed by atoms with E-state index in [4.69, 9.17) is 14.5 Å². The Labute approximate surface area is 292 Å². The number of aliphatic hydroxyl groups is 1. The summed E-state index contributed by atoms with van der Waals surface area (Å²) in [6, 6.07) is 39.1. The largest absolute Gasteiger partial charge is 0.392 e. The van der Waals surface area contributed by atoms with Crippen LogP contribution in [-0.2, 0) is 22.6 Å². The smallest absolute Gasteiger partial charge is 0.261 e. The molecule has 49 heavy (non-hydrogen) atoms. The molecule has 1 saturated heterocycles. The first-order valence-electron chi connectivity index (χ1n) is 16.2. The van der Waals surface area contributed by atoms with Gasteiger partial charge in [-0.05, 0) is 64.2 Å². The van der Waals surface area contributed by atoms with E-state index in [1.807, 2.05) is 84.9 Å². The van der Waals surface area contributed by atoms with E-state index in [9.17, 15) is 14.7 Å². The van der Waals surface area contributed by atoms with Gasteiger partial charge < -0.3 is 14.6 Å². The minimum atomic E-state index is -0.598. The predicted molar refractivity (Wildman–Crippen MR) is 191 cm³/mol. The number of benzene rings is 5. The van der Waals surface area contributed by atoms with Crippen molar-refractivity contribution in [1.29, 1.82) is 0 Å². The topological polar surface area (TPSA) is 89.0 Å². The van der Waals surface area contributed by atoms with Crippen LogP contribution in [0.15, 0.2) is 126 Å². The fourth-order valence-corrected chi connectivity index (χ4v) is 8.49. The molecule has 0 unspecified atom stereocenters. The molecular formula is C40H32N2O5S2. The maximum Gasteiger partial charge on any atom is 0.261 e. The van der Waals surface area contributed by atoms with Crippen molar-refractivity contribution < 1.29 is 24.2 Å². The molecule has 1 aromatic heterocycles. The SMILES string of the molecule is O=C1c2ccccc2C(=O)N1Cc1cccc(-c2cccc([C@@H]3O[C@H](CSc4nc5ccccc5s4)C[C@H](c4ccc(CO)cc4)O3)c2)c1. The molecule has 244 valence electrons. The lowest BCUT2D eigenvalue weighted by Crippen LogP contribution is -2.31. The molecular weight excluding hydrogens is 653 g/mol. The van der Waals surface area contributed by atoms with Crippen molar-refractivity contribution in [2.45, 2.75) is 42.4 Å². The van der Waals surface area contributed by atoms with Gasteiger partial charge in [0.1, 0.15) is 0 Å². The van der Waals surface area contributed by atoms with Crippen LogP contribution in [0.2, 0.25) is 0 Å². The quantitative estimate of drug-likeness (QED) is 0.121. The first-order valence-corrected chi connectivity index (χ1v) is 18.0. The highest BCUT2D eigenvalue weighted by atomic mass is 32.2. The summed E-state index contributed by atoms with van der Waals surface area (Å²) in [4.78, 5) is 32.1.